The van der Waals surface area contributed by atoms with E-state index in [2.05, 4.69) is 4.98 Å². The molecule has 2 aliphatic heterocycles. The molecule has 3 aliphatic rings. The molecule has 2 saturated heterocycles. The van der Waals surface area contributed by atoms with Gasteiger partial charge in [-0.1, -0.05) is 36.8 Å². The van der Waals surface area contributed by atoms with Crippen molar-refractivity contribution in [2.24, 2.45) is 5.92 Å². The molecular formula is C27H34N4O4. The van der Waals surface area contributed by atoms with Gasteiger partial charge in [-0.25, -0.2) is 4.98 Å². The summed E-state index contributed by atoms with van der Waals surface area (Å²) in [5.41, 5.74) is -0.434. The van der Waals surface area contributed by atoms with Crippen molar-refractivity contribution >= 4 is 17.7 Å². The molecule has 0 radical (unpaired) electrons. The minimum atomic E-state index is -1.17. The smallest absolute Gasteiger partial charge is 0.240 e. The first-order valence-electron chi connectivity index (χ1n) is 12.8. The van der Waals surface area contributed by atoms with Crippen molar-refractivity contribution < 1.29 is 19.1 Å². The summed E-state index contributed by atoms with van der Waals surface area (Å²) >= 11 is 0. The number of rotatable bonds is 10. The number of nitrogens with zero attached hydrogens (tertiary/aromatic N) is 4. The highest BCUT2D eigenvalue weighted by atomic mass is 16.5. The van der Waals surface area contributed by atoms with Gasteiger partial charge < -0.3 is 14.2 Å². The summed E-state index contributed by atoms with van der Waals surface area (Å²) in [6.07, 6.45) is 10.7. The van der Waals surface area contributed by atoms with Gasteiger partial charge in [-0.05, 0) is 37.2 Å². The maximum absolute atomic E-state index is 13.9. The maximum atomic E-state index is 13.9. The van der Waals surface area contributed by atoms with Crippen LogP contribution >= 0.6 is 0 Å². The van der Waals surface area contributed by atoms with E-state index < -0.39 is 5.41 Å². The number of benzene rings is 1. The molecule has 1 aromatic heterocycles. The van der Waals surface area contributed by atoms with Gasteiger partial charge in [0.1, 0.15) is 0 Å². The van der Waals surface area contributed by atoms with Gasteiger partial charge in [0.2, 0.25) is 17.7 Å². The lowest BCUT2D eigenvalue weighted by Gasteiger charge is -2.36. The standard InChI is InChI=1S/C27H34N4O4/c32-24(30(18-21-6-4-7-21)19-23-10-5-15-35-23)16-27(22-8-2-1-3-9-22)17-25(33)31(26(27)34)14-13-29-12-11-28-20-29/h1-3,8-9,11-12,20-21,23H,4-7,10,13-19H2/t23-,27+/m1/s1. The highest BCUT2D eigenvalue weighted by Crippen LogP contribution is 2.40. The zero-order valence-corrected chi connectivity index (χ0v) is 20.2. The predicted octanol–water partition coefficient (Wildman–Crippen LogP) is 2.78. The third kappa shape index (κ3) is 5.03. The maximum Gasteiger partial charge on any atom is 0.240 e. The molecule has 0 bridgehead atoms. The first-order chi connectivity index (χ1) is 17.0. The number of imide groups is 1. The van der Waals surface area contributed by atoms with E-state index in [9.17, 15) is 14.4 Å². The van der Waals surface area contributed by atoms with Crippen molar-refractivity contribution in [3.63, 3.8) is 0 Å². The van der Waals surface area contributed by atoms with Gasteiger partial charge in [-0.15, -0.1) is 0 Å². The summed E-state index contributed by atoms with van der Waals surface area (Å²) in [6.45, 7) is 2.74. The van der Waals surface area contributed by atoms with Crippen molar-refractivity contribution in [1.29, 1.82) is 0 Å². The van der Waals surface area contributed by atoms with Crippen LogP contribution < -0.4 is 0 Å². The van der Waals surface area contributed by atoms with Crippen LogP contribution in [0.3, 0.4) is 0 Å². The monoisotopic (exact) mass is 478 g/mol. The van der Waals surface area contributed by atoms with E-state index in [4.69, 9.17) is 4.74 Å². The fourth-order valence-electron chi connectivity index (χ4n) is 5.55. The summed E-state index contributed by atoms with van der Waals surface area (Å²) in [5, 5.41) is 0. The first-order valence-corrected chi connectivity index (χ1v) is 12.8. The van der Waals surface area contributed by atoms with Gasteiger partial charge in [-0.3, -0.25) is 19.3 Å². The largest absolute Gasteiger partial charge is 0.376 e. The molecular weight excluding hydrogens is 444 g/mol. The van der Waals surface area contributed by atoms with E-state index in [0.717, 1.165) is 37.9 Å². The lowest BCUT2D eigenvalue weighted by molar-refractivity contribution is -0.143. The minimum Gasteiger partial charge on any atom is -0.376 e. The average Bonchev–Trinajstić information content (AvgIpc) is 3.58. The number of imidazole rings is 1. The normalized spacial score (nSPS) is 24.7. The topological polar surface area (TPSA) is 84.7 Å². The minimum absolute atomic E-state index is 0.00258. The quantitative estimate of drug-likeness (QED) is 0.491. The van der Waals surface area contributed by atoms with Crippen molar-refractivity contribution in [2.75, 3.05) is 26.2 Å². The molecule has 5 rings (SSSR count). The van der Waals surface area contributed by atoms with E-state index in [1.165, 1.54) is 11.3 Å². The number of amides is 3. The molecule has 3 amide bonds. The summed E-state index contributed by atoms with van der Waals surface area (Å²) in [5.74, 6) is -0.0474. The van der Waals surface area contributed by atoms with Crippen LogP contribution in [0.5, 0.6) is 0 Å². The number of carbonyl (C=O) groups excluding carboxylic acids is 3. The highest BCUT2D eigenvalue weighted by molar-refractivity contribution is 6.10. The molecule has 1 aliphatic carbocycles. The Morgan fingerprint density at radius 3 is 2.57 bits per heavy atom. The Morgan fingerprint density at radius 1 is 1.09 bits per heavy atom. The van der Waals surface area contributed by atoms with E-state index in [0.29, 0.717) is 25.6 Å². The fraction of sp³-hybridized carbons (Fsp3) is 0.556. The van der Waals surface area contributed by atoms with Crippen molar-refractivity contribution in [3.8, 4) is 0 Å². The third-order valence-electron chi connectivity index (χ3n) is 7.83. The van der Waals surface area contributed by atoms with Gasteiger partial charge in [0, 0.05) is 58.0 Å². The van der Waals surface area contributed by atoms with Crippen LogP contribution in [0.15, 0.2) is 49.1 Å². The SMILES string of the molecule is O=C(C[C@@]1(c2ccccc2)CC(=O)N(CCn2ccnc2)C1=O)N(CC1CCC1)C[C@H]1CCCO1. The Labute approximate surface area is 206 Å². The molecule has 8 heteroatoms. The Bertz CT molecular complexity index is 1030. The molecule has 2 aromatic rings. The van der Waals surface area contributed by atoms with E-state index in [1.807, 2.05) is 46.0 Å². The summed E-state index contributed by atoms with van der Waals surface area (Å²) in [4.78, 5) is 48.1. The molecule has 0 spiro atoms. The Hall–Kier alpha value is -3.00. The number of carbonyl (C=O) groups is 3. The average molecular weight is 479 g/mol. The fourth-order valence-corrected chi connectivity index (χ4v) is 5.55. The summed E-state index contributed by atoms with van der Waals surface area (Å²) < 4.78 is 7.68. The Kier molecular flexibility index (Phi) is 7.00. The molecule has 0 unspecified atom stereocenters. The molecule has 186 valence electrons. The molecule has 35 heavy (non-hydrogen) atoms. The predicted molar refractivity (Wildman–Crippen MR) is 129 cm³/mol. The lowest BCUT2D eigenvalue weighted by Crippen LogP contribution is -2.47. The van der Waals surface area contributed by atoms with Crippen LogP contribution in [-0.2, 0) is 31.1 Å². The lowest BCUT2D eigenvalue weighted by atomic mass is 9.75. The molecule has 3 heterocycles. The first kappa shape index (κ1) is 23.7. The van der Waals surface area contributed by atoms with Gasteiger partial charge in [0.05, 0.1) is 17.8 Å². The number of ether oxygens (including phenoxy) is 1. The second-order valence-corrected chi connectivity index (χ2v) is 10.2. The third-order valence-corrected chi connectivity index (χ3v) is 7.83. The van der Waals surface area contributed by atoms with Crippen molar-refractivity contribution in [3.05, 3.63) is 54.6 Å². The van der Waals surface area contributed by atoms with Crippen LogP contribution in [0.25, 0.3) is 0 Å². The number of hydrogen-bond donors (Lipinski definition) is 0. The molecule has 0 N–H and O–H groups in total. The van der Waals surface area contributed by atoms with Gasteiger partial charge in [0.15, 0.2) is 0 Å². The van der Waals surface area contributed by atoms with Crippen LogP contribution in [0.1, 0.15) is 50.5 Å². The van der Waals surface area contributed by atoms with Crippen LogP contribution in [0.4, 0.5) is 0 Å². The zero-order chi connectivity index (χ0) is 24.3. The van der Waals surface area contributed by atoms with E-state index >= 15 is 0 Å². The molecule has 3 fully saturated rings. The van der Waals surface area contributed by atoms with Gasteiger partial charge in [-0.2, -0.15) is 0 Å². The highest BCUT2D eigenvalue weighted by Gasteiger charge is 2.54. The molecule has 1 saturated carbocycles. The Balaban J connectivity index is 1.38. The molecule has 2 atom stereocenters. The van der Waals surface area contributed by atoms with Gasteiger partial charge >= 0.3 is 0 Å². The second-order valence-electron chi connectivity index (χ2n) is 10.2. The van der Waals surface area contributed by atoms with E-state index in [1.54, 1.807) is 12.5 Å². The van der Waals surface area contributed by atoms with E-state index in [-0.39, 0.29) is 43.2 Å². The van der Waals surface area contributed by atoms with Crippen LogP contribution in [0.2, 0.25) is 0 Å². The van der Waals surface area contributed by atoms with Crippen LogP contribution in [-0.4, -0.2) is 69.4 Å². The van der Waals surface area contributed by atoms with Crippen molar-refractivity contribution in [2.45, 2.75) is 63.0 Å². The summed E-state index contributed by atoms with van der Waals surface area (Å²) in [6, 6.07) is 9.36. The molecule has 1 aromatic carbocycles. The summed E-state index contributed by atoms with van der Waals surface area (Å²) in [7, 11) is 0. The van der Waals surface area contributed by atoms with Gasteiger partial charge in [0.25, 0.3) is 0 Å². The number of aromatic nitrogens is 2. The van der Waals surface area contributed by atoms with Crippen molar-refractivity contribution in [1.82, 2.24) is 19.4 Å². The van der Waals surface area contributed by atoms with Crippen LogP contribution in [0, 0.1) is 5.92 Å². The Morgan fingerprint density at radius 2 is 1.91 bits per heavy atom. The second kappa shape index (κ2) is 10.3. The molecule has 8 nitrogen and oxygen atoms in total. The number of hydrogen-bond acceptors (Lipinski definition) is 5. The zero-order valence-electron chi connectivity index (χ0n) is 20.2. The number of likely N-dealkylation sites (tertiary alicyclic amines) is 1.